The maximum absolute atomic E-state index is 14.4. The summed E-state index contributed by atoms with van der Waals surface area (Å²) in [6.07, 6.45) is 0.845. The first-order valence-corrected chi connectivity index (χ1v) is 21.3. The minimum absolute atomic E-state index is 0.0188. The van der Waals surface area contributed by atoms with Crippen LogP contribution in [-0.4, -0.2) is 70.8 Å². The minimum atomic E-state index is -4.14. The van der Waals surface area contributed by atoms with Crippen molar-refractivity contribution in [1.82, 2.24) is 14.9 Å². The van der Waals surface area contributed by atoms with E-state index in [1.54, 1.807) is 0 Å². The molecule has 2 N–H and O–H groups in total. The van der Waals surface area contributed by atoms with Crippen molar-refractivity contribution >= 4 is 22.0 Å². The van der Waals surface area contributed by atoms with Crippen LogP contribution in [0.5, 0.6) is 11.5 Å². The van der Waals surface area contributed by atoms with Gasteiger partial charge in [0, 0.05) is 61.3 Å². The Kier molecular flexibility index (Phi) is 11.3. The lowest BCUT2D eigenvalue weighted by Gasteiger charge is -2.41. The molecule has 58 heavy (non-hydrogen) atoms. The minimum Gasteiger partial charge on any atom is -0.457 e. The quantitative estimate of drug-likeness (QED) is 0.117. The van der Waals surface area contributed by atoms with Gasteiger partial charge in [-0.3, -0.25) is 4.79 Å². The van der Waals surface area contributed by atoms with E-state index in [2.05, 4.69) is 22.2 Å². The number of nitrogens with zero attached hydrogens (tertiary/aromatic N) is 1. The molecule has 2 heterocycles. The van der Waals surface area contributed by atoms with Gasteiger partial charge in [0.15, 0.2) is 0 Å². The van der Waals surface area contributed by atoms with E-state index in [1.165, 1.54) is 17.0 Å². The van der Waals surface area contributed by atoms with Gasteiger partial charge in [-0.05, 0) is 84.8 Å². The number of carbonyl (C=O) groups is 2. The largest absolute Gasteiger partial charge is 0.457 e. The summed E-state index contributed by atoms with van der Waals surface area (Å²) in [6, 6.07) is 35.4. The summed E-state index contributed by atoms with van der Waals surface area (Å²) < 4.78 is 61.6. The van der Waals surface area contributed by atoms with E-state index in [1.807, 2.05) is 91.9 Å². The Labute approximate surface area is 338 Å². The number of amides is 2. The highest BCUT2D eigenvalue weighted by molar-refractivity contribution is 7.89. The van der Waals surface area contributed by atoms with Crippen LogP contribution < -0.4 is 14.8 Å². The van der Waals surface area contributed by atoms with Gasteiger partial charge >= 0.3 is 6.09 Å². The van der Waals surface area contributed by atoms with E-state index >= 15 is 0 Å². The van der Waals surface area contributed by atoms with Crippen LogP contribution in [0.2, 0.25) is 0 Å². The molecule has 2 aliphatic heterocycles. The monoisotopic (exact) mass is 803 g/mol. The Morgan fingerprint density at radius 1 is 0.828 bits per heavy atom. The number of para-hydroxylation sites is 2. The second-order valence-electron chi connectivity index (χ2n) is 15.1. The van der Waals surface area contributed by atoms with Gasteiger partial charge in [0.1, 0.15) is 23.9 Å². The molecule has 1 fully saturated rings. The average Bonchev–Trinajstić information content (AvgIpc) is 3.56. The smallest absolute Gasteiger partial charge is 0.409 e. The number of ether oxygens (including phenoxy) is 3. The van der Waals surface area contributed by atoms with E-state index in [9.17, 15) is 22.4 Å². The van der Waals surface area contributed by atoms with Crippen molar-refractivity contribution < 1.29 is 36.6 Å². The Morgan fingerprint density at radius 3 is 2.07 bits per heavy atom. The summed E-state index contributed by atoms with van der Waals surface area (Å²) >= 11 is 0. The Morgan fingerprint density at radius 2 is 1.43 bits per heavy atom. The fourth-order valence-electron chi connectivity index (χ4n) is 8.83. The molecular formula is C46H46FN3O7S. The van der Waals surface area contributed by atoms with Gasteiger partial charge in [0.2, 0.25) is 15.9 Å². The summed E-state index contributed by atoms with van der Waals surface area (Å²) in [4.78, 5) is 29.7. The molecule has 0 bridgehead atoms. The van der Waals surface area contributed by atoms with Crippen LogP contribution >= 0.6 is 0 Å². The van der Waals surface area contributed by atoms with Crippen molar-refractivity contribution in [2.24, 2.45) is 5.92 Å². The number of benzene rings is 5. The van der Waals surface area contributed by atoms with Crippen molar-refractivity contribution in [2.45, 2.75) is 48.5 Å². The molecule has 2 atom stereocenters. The van der Waals surface area contributed by atoms with Crippen molar-refractivity contribution in [3.63, 3.8) is 0 Å². The normalized spacial score (nSPS) is 17.9. The number of likely N-dealkylation sites (tertiary alicyclic amines) is 1. The third-order valence-corrected chi connectivity index (χ3v) is 13.1. The van der Waals surface area contributed by atoms with Gasteiger partial charge in [-0.25, -0.2) is 22.3 Å². The topological polar surface area (TPSA) is 123 Å². The van der Waals surface area contributed by atoms with Crippen LogP contribution in [0.1, 0.15) is 54.4 Å². The first-order chi connectivity index (χ1) is 28.2. The first-order valence-electron chi connectivity index (χ1n) is 19.8. The molecule has 0 unspecified atom stereocenters. The number of nitrogens with one attached hydrogen (secondary N) is 2. The molecule has 2 amide bonds. The zero-order valence-corrected chi connectivity index (χ0v) is 33.1. The fraction of sp³-hybridized carbons (Fsp3) is 0.304. The fourth-order valence-corrected chi connectivity index (χ4v) is 10.1. The highest BCUT2D eigenvalue weighted by Crippen LogP contribution is 2.50. The summed E-state index contributed by atoms with van der Waals surface area (Å²) in [6.45, 7) is 3.38. The second-order valence-corrected chi connectivity index (χ2v) is 16.8. The third kappa shape index (κ3) is 7.84. The number of sulfonamides is 1. The molecular weight excluding hydrogens is 758 g/mol. The number of hydrogen-bond acceptors (Lipinski definition) is 7. The predicted octanol–water partition coefficient (Wildman–Crippen LogP) is 7.77. The number of carbonyl (C=O) groups excluding carboxylic acids is 2. The third-order valence-electron chi connectivity index (χ3n) is 11.5. The first kappa shape index (κ1) is 39.3. The molecule has 0 radical (unpaired) electrons. The predicted molar refractivity (Wildman–Crippen MR) is 218 cm³/mol. The van der Waals surface area contributed by atoms with E-state index in [0.29, 0.717) is 31.1 Å². The molecule has 0 saturated carbocycles. The zero-order valence-electron chi connectivity index (χ0n) is 32.2. The van der Waals surface area contributed by atoms with Crippen molar-refractivity contribution in [2.75, 3.05) is 39.5 Å². The molecule has 5 aromatic rings. The van der Waals surface area contributed by atoms with E-state index in [4.69, 9.17) is 14.2 Å². The molecule has 10 nitrogen and oxygen atoms in total. The Hall–Kier alpha value is -5.56. The number of halogens is 1. The van der Waals surface area contributed by atoms with Crippen LogP contribution in [0.4, 0.5) is 9.18 Å². The summed E-state index contributed by atoms with van der Waals surface area (Å²) in [5.41, 5.74) is 5.53. The van der Waals surface area contributed by atoms with Crippen LogP contribution in [-0.2, 0) is 29.7 Å². The van der Waals surface area contributed by atoms with Gasteiger partial charge in [-0.15, -0.1) is 0 Å². The van der Waals surface area contributed by atoms with Crippen molar-refractivity contribution in [1.29, 1.82) is 0 Å². The molecule has 300 valence electrons. The molecule has 1 aliphatic carbocycles. The van der Waals surface area contributed by atoms with E-state index < -0.39 is 39.3 Å². The number of hydrogen-bond donors (Lipinski definition) is 2. The lowest BCUT2D eigenvalue weighted by Crippen LogP contribution is -2.56. The van der Waals surface area contributed by atoms with Gasteiger partial charge in [0.05, 0.1) is 10.8 Å². The van der Waals surface area contributed by atoms with Crippen LogP contribution in [0.3, 0.4) is 0 Å². The second kappa shape index (κ2) is 16.7. The lowest BCUT2D eigenvalue weighted by molar-refractivity contribution is -0.127. The summed E-state index contributed by atoms with van der Waals surface area (Å²) in [5, 5.41) is 3.23. The highest BCUT2D eigenvalue weighted by Gasteiger charge is 2.43. The Balaban J connectivity index is 1.05. The lowest BCUT2D eigenvalue weighted by atomic mass is 9.69. The zero-order chi connectivity index (χ0) is 40.3. The molecule has 8 rings (SSSR count). The molecule has 1 saturated heterocycles. The summed E-state index contributed by atoms with van der Waals surface area (Å²) in [5.74, 6) is -0.450. The molecule has 0 spiro atoms. The molecule has 12 heteroatoms. The standard InChI is InChI=1S/C46H46FN3O7S/c1-2-55-25-11-24-46(40-16-7-9-18-42(40)57-43-19-10-8-17-41(43)46)30-48-44(51)31-26-33(49-58(53,54)34-22-20-32(47)21-23-34)28-50(27-31)45(52)56-29-39-37-14-5-3-12-35(37)36-13-4-6-15-38(36)39/h3-10,12-23,31,33,39,49H,2,11,24-30H2,1H3,(H,48,51)/t31-,33+/m0/s1. The van der Waals surface area contributed by atoms with Crippen molar-refractivity contribution in [3.05, 3.63) is 149 Å². The number of fused-ring (bicyclic) bond motifs is 5. The maximum Gasteiger partial charge on any atom is 0.409 e. The van der Waals surface area contributed by atoms with Gasteiger partial charge in [-0.1, -0.05) is 84.9 Å². The summed E-state index contributed by atoms with van der Waals surface area (Å²) in [7, 11) is -4.14. The van der Waals surface area contributed by atoms with Gasteiger partial charge in [-0.2, -0.15) is 0 Å². The average molecular weight is 804 g/mol. The number of piperidine rings is 1. The number of rotatable bonds is 13. The van der Waals surface area contributed by atoms with Crippen LogP contribution in [0, 0.1) is 11.7 Å². The maximum atomic E-state index is 14.4. The molecule has 0 aromatic heterocycles. The van der Waals surface area contributed by atoms with Gasteiger partial charge < -0.3 is 24.4 Å². The van der Waals surface area contributed by atoms with Crippen LogP contribution in [0.25, 0.3) is 11.1 Å². The molecule has 3 aliphatic rings. The van der Waals surface area contributed by atoms with E-state index in [0.717, 1.165) is 51.9 Å². The van der Waals surface area contributed by atoms with Crippen LogP contribution in [0.15, 0.2) is 126 Å². The van der Waals surface area contributed by atoms with E-state index in [-0.39, 0.29) is 49.4 Å². The van der Waals surface area contributed by atoms with Gasteiger partial charge in [0.25, 0.3) is 0 Å². The Bertz CT molecular complexity index is 2320. The van der Waals surface area contributed by atoms with Crippen molar-refractivity contribution in [3.8, 4) is 22.6 Å². The SMILES string of the molecule is CCOCCCC1(CNC(=O)[C@H]2C[C@@H](NS(=O)(=O)c3ccc(F)cc3)CN(C(=O)OCC3c4ccccc4-c4ccccc43)C2)c2ccccc2Oc2ccccc21. The molecule has 5 aromatic carbocycles. The highest BCUT2D eigenvalue weighted by atomic mass is 32.2.